The van der Waals surface area contributed by atoms with Crippen molar-refractivity contribution in [3.63, 3.8) is 0 Å². The van der Waals surface area contributed by atoms with Gasteiger partial charge in [0, 0.05) is 77.6 Å². The smallest absolute Gasteiger partial charge is 0.320 e. The third-order valence-corrected chi connectivity index (χ3v) is 8.21. The number of carbonyl (C=O) groups excluding carboxylic acids is 2. The van der Waals surface area contributed by atoms with Crippen LogP contribution in [0.15, 0.2) is 48.5 Å². The number of methoxy groups -OCH3 is 2. The van der Waals surface area contributed by atoms with Crippen LogP contribution in [0.1, 0.15) is 49.0 Å². The van der Waals surface area contributed by atoms with Crippen molar-refractivity contribution in [2.75, 3.05) is 60.7 Å². The molecule has 2 fully saturated rings. The molecule has 0 unspecified atom stereocenters. The molecule has 2 atom stereocenters. The Morgan fingerprint density at radius 1 is 0.952 bits per heavy atom. The summed E-state index contributed by atoms with van der Waals surface area (Å²) in [6.45, 7) is 8.76. The van der Waals surface area contributed by atoms with E-state index >= 15 is 0 Å². The Morgan fingerprint density at radius 2 is 1.67 bits per heavy atom. The molecular weight excluding hydrogens is 532 g/mol. The maximum Gasteiger partial charge on any atom is 0.320 e. The van der Waals surface area contributed by atoms with Gasteiger partial charge in [-0.25, -0.2) is 4.79 Å². The highest BCUT2D eigenvalue weighted by Gasteiger charge is 2.39. The summed E-state index contributed by atoms with van der Waals surface area (Å²) in [6, 6.07) is 15.9. The van der Waals surface area contributed by atoms with Gasteiger partial charge >= 0.3 is 6.03 Å². The van der Waals surface area contributed by atoms with Crippen LogP contribution < -0.4 is 14.8 Å². The van der Waals surface area contributed by atoms with Gasteiger partial charge in [-0.3, -0.25) is 4.79 Å². The van der Waals surface area contributed by atoms with Gasteiger partial charge < -0.3 is 34.2 Å². The van der Waals surface area contributed by atoms with Crippen molar-refractivity contribution in [1.82, 2.24) is 20.0 Å². The predicted molar refractivity (Wildman–Crippen MR) is 164 cm³/mol. The van der Waals surface area contributed by atoms with E-state index in [0.717, 1.165) is 37.9 Å². The first-order valence-electron chi connectivity index (χ1n) is 15.2. The van der Waals surface area contributed by atoms with Crippen molar-refractivity contribution in [1.29, 1.82) is 0 Å². The summed E-state index contributed by atoms with van der Waals surface area (Å²) in [7, 11) is 5.15. The zero-order valence-electron chi connectivity index (χ0n) is 25.9. The summed E-state index contributed by atoms with van der Waals surface area (Å²) in [6.07, 6.45) is 2.85. The van der Waals surface area contributed by atoms with Gasteiger partial charge in [0.25, 0.3) is 5.91 Å². The van der Waals surface area contributed by atoms with E-state index in [1.165, 1.54) is 0 Å². The fraction of sp³-hybridized carbons (Fsp3) is 0.576. The second-order valence-corrected chi connectivity index (χ2v) is 11.8. The fourth-order valence-corrected chi connectivity index (χ4v) is 5.64. The lowest BCUT2D eigenvalue weighted by atomic mass is 9.94. The van der Waals surface area contributed by atoms with Crippen molar-refractivity contribution in [3.05, 3.63) is 59.7 Å². The van der Waals surface area contributed by atoms with Gasteiger partial charge in [-0.15, -0.1) is 0 Å². The van der Waals surface area contributed by atoms with Crippen LogP contribution in [0, 0.1) is 11.8 Å². The molecule has 9 heteroatoms. The molecule has 1 heterocycles. The van der Waals surface area contributed by atoms with Gasteiger partial charge in [0.2, 0.25) is 0 Å². The third-order valence-electron chi connectivity index (χ3n) is 8.21. The number of rotatable bonds is 15. The highest BCUT2D eigenvalue weighted by atomic mass is 16.5. The number of benzene rings is 2. The maximum atomic E-state index is 13.8. The molecule has 0 radical (unpaired) electrons. The number of ether oxygens (including phenoxy) is 3. The standard InChI is InChI=1S/C33H48N4O5/c1-24(2)36(32(38)26-12-15-30(41-5)31(18-26)42-17-9-16-40-4)22-27-19-34-20-28(27)23-37(29-13-14-29)33(39)35(3)21-25-10-7-6-8-11-25/h6-8,10-12,15,18,24,27-29,34H,9,13-14,16-17,19-23H2,1-5H3/t27-,28+/m0/s1. The Hall–Kier alpha value is -3.30. The molecule has 1 saturated heterocycles. The number of carbonyl (C=O) groups is 2. The minimum atomic E-state index is -0.0298. The normalized spacial score (nSPS) is 18.1. The van der Waals surface area contributed by atoms with Crippen molar-refractivity contribution < 1.29 is 23.8 Å². The van der Waals surface area contributed by atoms with Crippen molar-refractivity contribution in [3.8, 4) is 11.5 Å². The number of hydrogen-bond donors (Lipinski definition) is 1. The lowest BCUT2D eigenvalue weighted by Gasteiger charge is -2.35. The molecule has 230 valence electrons. The molecule has 42 heavy (non-hydrogen) atoms. The fourth-order valence-electron chi connectivity index (χ4n) is 5.64. The Morgan fingerprint density at radius 3 is 2.31 bits per heavy atom. The average Bonchev–Trinajstić information content (AvgIpc) is 3.75. The van der Waals surface area contributed by atoms with E-state index in [1.807, 2.05) is 35.0 Å². The summed E-state index contributed by atoms with van der Waals surface area (Å²) < 4.78 is 16.5. The zero-order valence-corrected chi connectivity index (χ0v) is 25.9. The molecule has 0 aromatic heterocycles. The summed E-state index contributed by atoms with van der Waals surface area (Å²) in [4.78, 5) is 33.3. The third kappa shape index (κ3) is 8.38. The molecule has 9 nitrogen and oxygen atoms in total. The molecule has 1 saturated carbocycles. The quantitative estimate of drug-likeness (QED) is 0.312. The van der Waals surface area contributed by atoms with E-state index in [2.05, 4.69) is 36.2 Å². The van der Waals surface area contributed by atoms with Crippen molar-refractivity contribution >= 4 is 11.9 Å². The van der Waals surface area contributed by atoms with Crippen molar-refractivity contribution in [2.24, 2.45) is 11.8 Å². The van der Waals surface area contributed by atoms with Gasteiger partial charge in [0.15, 0.2) is 11.5 Å². The zero-order chi connectivity index (χ0) is 30.1. The lowest BCUT2D eigenvalue weighted by molar-refractivity contribution is 0.0650. The van der Waals surface area contributed by atoms with Gasteiger partial charge in [-0.05, 0) is 62.3 Å². The lowest BCUT2D eigenvalue weighted by Crippen LogP contribution is -2.47. The van der Waals surface area contributed by atoms with Crippen LogP contribution >= 0.6 is 0 Å². The minimum absolute atomic E-state index is 0.0186. The summed E-state index contributed by atoms with van der Waals surface area (Å²) in [5, 5.41) is 3.54. The second-order valence-electron chi connectivity index (χ2n) is 11.8. The summed E-state index contributed by atoms with van der Waals surface area (Å²) in [5.41, 5.74) is 1.70. The molecule has 2 aliphatic rings. The van der Waals surface area contributed by atoms with Crippen LogP contribution in [0.4, 0.5) is 4.79 Å². The molecule has 4 rings (SSSR count). The Labute approximate surface area is 251 Å². The summed E-state index contributed by atoms with van der Waals surface area (Å²) in [5.74, 6) is 1.64. The first-order valence-corrected chi connectivity index (χ1v) is 15.2. The van der Waals surface area contributed by atoms with Crippen LogP contribution in [0.5, 0.6) is 11.5 Å². The Kier molecular flexibility index (Phi) is 11.5. The number of nitrogens with zero attached hydrogens (tertiary/aromatic N) is 3. The van der Waals surface area contributed by atoms with Crippen LogP contribution in [0.2, 0.25) is 0 Å². The van der Waals surface area contributed by atoms with Gasteiger partial charge in [-0.2, -0.15) is 0 Å². The summed E-state index contributed by atoms with van der Waals surface area (Å²) >= 11 is 0. The van der Waals surface area contributed by atoms with Gasteiger partial charge in [0.1, 0.15) is 0 Å². The second kappa shape index (κ2) is 15.3. The van der Waals surface area contributed by atoms with Crippen LogP contribution in [-0.2, 0) is 11.3 Å². The van der Waals surface area contributed by atoms with E-state index in [-0.39, 0.29) is 29.8 Å². The highest BCUT2D eigenvalue weighted by molar-refractivity contribution is 5.95. The van der Waals surface area contributed by atoms with E-state index in [4.69, 9.17) is 14.2 Å². The predicted octanol–water partition coefficient (Wildman–Crippen LogP) is 4.51. The number of hydrogen-bond acceptors (Lipinski definition) is 6. The van der Waals surface area contributed by atoms with E-state index in [0.29, 0.717) is 56.0 Å². The molecule has 2 aromatic carbocycles. The minimum Gasteiger partial charge on any atom is -0.493 e. The molecule has 1 aliphatic heterocycles. The van der Waals surface area contributed by atoms with Crippen LogP contribution in [-0.4, -0.2) is 99.4 Å². The Bertz CT molecular complexity index is 1160. The van der Waals surface area contributed by atoms with E-state index in [9.17, 15) is 9.59 Å². The molecule has 1 aliphatic carbocycles. The maximum absolute atomic E-state index is 13.8. The first-order chi connectivity index (χ1) is 20.3. The SMILES string of the molecule is COCCCOc1cc(C(=O)N(C[C@@H]2CNC[C@@H]2CN(C(=O)N(C)Cc2ccccc2)C2CC2)C(C)C)ccc1OC. The average molecular weight is 581 g/mol. The van der Waals surface area contributed by atoms with Gasteiger partial charge in [0.05, 0.1) is 13.7 Å². The van der Waals surface area contributed by atoms with Crippen LogP contribution in [0.3, 0.4) is 0 Å². The number of urea groups is 1. The molecular formula is C33H48N4O5. The highest BCUT2D eigenvalue weighted by Crippen LogP contribution is 2.32. The van der Waals surface area contributed by atoms with Crippen LogP contribution in [0.25, 0.3) is 0 Å². The first kappa shape index (κ1) is 31.6. The number of amides is 3. The molecule has 2 aromatic rings. The largest absolute Gasteiger partial charge is 0.493 e. The number of nitrogens with one attached hydrogen (secondary N) is 1. The van der Waals surface area contributed by atoms with E-state index in [1.54, 1.807) is 32.4 Å². The van der Waals surface area contributed by atoms with E-state index < -0.39 is 0 Å². The topological polar surface area (TPSA) is 83.6 Å². The molecule has 0 bridgehead atoms. The molecule has 1 N–H and O–H groups in total. The Balaban J connectivity index is 1.42. The molecule has 3 amide bonds. The van der Waals surface area contributed by atoms with Crippen molar-refractivity contribution in [2.45, 2.75) is 51.7 Å². The van der Waals surface area contributed by atoms with Gasteiger partial charge in [-0.1, -0.05) is 30.3 Å². The monoisotopic (exact) mass is 580 g/mol. The molecule has 0 spiro atoms.